The number of nitrogens with one attached hydrogen (secondary N) is 1. The number of hydrogen-bond acceptors (Lipinski definition) is 3. The predicted octanol–water partition coefficient (Wildman–Crippen LogP) is 6.82. The molecular weight excluding hydrogens is 412 g/mol. The third-order valence-electron chi connectivity index (χ3n) is 5.02. The second-order valence-electron chi connectivity index (χ2n) is 7.24. The van der Waals surface area contributed by atoms with E-state index in [4.69, 9.17) is 9.15 Å². The molecule has 3 aromatic carbocycles. The van der Waals surface area contributed by atoms with Gasteiger partial charge in [0.05, 0.1) is 12.9 Å². The van der Waals surface area contributed by atoms with Gasteiger partial charge in [-0.15, -0.1) is 0 Å². The van der Waals surface area contributed by atoms with E-state index in [2.05, 4.69) is 5.32 Å². The zero-order valence-electron chi connectivity index (χ0n) is 17.6. The van der Waals surface area contributed by atoms with Gasteiger partial charge in [0.25, 0.3) is 0 Å². The molecule has 1 heterocycles. The molecule has 4 aromatic rings. The van der Waals surface area contributed by atoms with Gasteiger partial charge in [0, 0.05) is 40.4 Å². The number of carbonyl (C=O) groups is 1. The summed E-state index contributed by atoms with van der Waals surface area (Å²) in [6.45, 7) is 4.11. The largest absolute Gasteiger partial charge is 0.493 e. The van der Waals surface area contributed by atoms with Crippen molar-refractivity contribution in [2.45, 2.75) is 13.8 Å². The number of rotatable bonds is 6. The Hall–Kier alpha value is -3.93. The first kappa shape index (κ1) is 21.3. The Balaban J connectivity index is 1.71. The topological polar surface area (TPSA) is 51.5 Å². The summed E-state index contributed by atoms with van der Waals surface area (Å²) in [6, 6.07) is 16.8. The first-order valence-electron chi connectivity index (χ1n) is 10.1. The van der Waals surface area contributed by atoms with E-state index in [9.17, 15) is 13.6 Å². The van der Waals surface area contributed by atoms with E-state index < -0.39 is 17.5 Å². The zero-order chi connectivity index (χ0) is 22.7. The van der Waals surface area contributed by atoms with Crippen molar-refractivity contribution in [2.24, 2.45) is 0 Å². The Morgan fingerprint density at radius 1 is 1.06 bits per heavy atom. The van der Waals surface area contributed by atoms with Crippen LogP contribution in [0.5, 0.6) is 5.75 Å². The van der Waals surface area contributed by atoms with Crippen molar-refractivity contribution in [1.82, 2.24) is 0 Å². The standard InChI is InChI=1S/C26H21F2NO3/c1-3-31-24-14-25-20(21(15-32-25)17-7-5-4-6-8-17)13-19(24)16(2)11-26(30)29-18-9-10-22(27)23(28)12-18/h4-15H,3H2,1-2H3,(H,29,30)/b16-11+. The number of furan rings is 1. The number of benzene rings is 3. The van der Waals surface area contributed by atoms with Crippen LogP contribution in [0.15, 0.2) is 77.4 Å². The molecular formula is C26H21F2NO3. The van der Waals surface area contributed by atoms with Crippen molar-refractivity contribution >= 4 is 28.1 Å². The summed E-state index contributed by atoms with van der Waals surface area (Å²) in [5, 5.41) is 3.44. The summed E-state index contributed by atoms with van der Waals surface area (Å²) in [6.07, 6.45) is 3.10. The highest BCUT2D eigenvalue weighted by Gasteiger charge is 2.15. The van der Waals surface area contributed by atoms with Crippen molar-refractivity contribution in [1.29, 1.82) is 0 Å². The molecule has 0 aliphatic heterocycles. The molecule has 0 fully saturated rings. The average Bonchev–Trinajstić information content (AvgIpc) is 3.19. The molecule has 0 atom stereocenters. The third kappa shape index (κ3) is 4.39. The Labute approximate surface area is 184 Å². The first-order valence-corrected chi connectivity index (χ1v) is 10.1. The summed E-state index contributed by atoms with van der Waals surface area (Å²) < 4.78 is 38.1. The van der Waals surface area contributed by atoms with Crippen LogP contribution in [0, 0.1) is 11.6 Å². The van der Waals surface area contributed by atoms with Crippen LogP contribution in [0.2, 0.25) is 0 Å². The van der Waals surface area contributed by atoms with Crippen LogP contribution in [0.25, 0.3) is 27.7 Å². The van der Waals surface area contributed by atoms with Crippen LogP contribution in [0.1, 0.15) is 19.4 Å². The van der Waals surface area contributed by atoms with E-state index in [1.54, 1.807) is 13.2 Å². The van der Waals surface area contributed by atoms with E-state index >= 15 is 0 Å². The molecule has 6 heteroatoms. The molecule has 0 spiro atoms. The van der Waals surface area contributed by atoms with E-state index in [0.717, 1.165) is 34.2 Å². The number of hydrogen-bond donors (Lipinski definition) is 1. The van der Waals surface area contributed by atoms with Gasteiger partial charge in [-0.2, -0.15) is 0 Å². The van der Waals surface area contributed by atoms with Crippen LogP contribution in [0.4, 0.5) is 14.5 Å². The summed E-state index contributed by atoms with van der Waals surface area (Å²) in [7, 11) is 0. The Bertz CT molecular complexity index is 1310. The molecule has 0 unspecified atom stereocenters. The molecule has 0 saturated heterocycles. The van der Waals surface area contributed by atoms with Crippen LogP contribution in [0.3, 0.4) is 0 Å². The van der Waals surface area contributed by atoms with Crippen molar-refractivity contribution in [3.63, 3.8) is 0 Å². The van der Waals surface area contributed by atoms with Gasteiger partial charge in [0.15, 0.2) is 11.6 Å². The zero-order valence-corrected chi connectivity index (χ0v) is 17.6. The lowest BCUT2D eigenvalue weighted by molar-refractivity contribution is -0.111. The van der Waals surface area contributed by atoms with E-state index in [1.165, 1.54) is 12.1 Å². The molecule has 1 N–H and O–H groups in total. The highest BCUT2D eigenvalue weighted by atomic mass is 19.2. The van der Waals surface area contributed by atoms with Gasteiger partial charge in [-0.05, 0) is 43.2 Å². The maximum Gasteiger partial charge on any atom is 0.248 e. The van der Waals surface area contributed by atoms with Gasteiger partial charge in [-0.1, -0.05) is 30.3 Å². The van der Waals surface area contributed by atoms with Crippen molar-refractivity contribution in [3.8, 4) is 16.9 Å². The quantitative estimate of drug-likeness (QED) is 0.340. The molecule has 162 valence electrons. The SMILES string of the molecule is CCOc1cc2occ(-c3ccccc3)c2cc1/C(C)=C/C(=O)Nc1ccc(F)c(F)c1. The van der Waals surface area contributed by atoms with Crippen molar-refractivity contribution in [3.05, 3.63) is 90.2 Å². The monoisotopic (exact) mass is 433 g/mol. The fourth-order valence-electron chi connectivity index (χ4n) is 3.51. The van der Waals surface area contributed by atoms with Crippen LogP contribution >= 0.6 is 0 Å². The lowest BCUT2D eigenvalue weighted by Crippen LogP contribution is -2.09. The second-order valence-corrected chi connectivity index (χ2v) is 7.24. The number of halogens is 2. The fourth-order valence-corrected chi connectivity index (χ4v) is 3.51. The second kappa shape index (κ2) is 9.06. The molecule has 4 nitrogen and oxygen atoms in total. The lowest BCUT2D eigenvalue weighted by Gasteiger charge is -2.12. The van der Waals surface area contributed by atoms with Crippen LogP contribution in [-0.4, -0.2) is 12.5 Å². The van der Waals surface area contributed by atoms with Gasteiger partial charge in [0.2, 0.25) is 5.91 Å². The Morgan fingerprint density at radius 2 is 1.84 bits per heavy atom. The summed E-state index contributed by atoms with van der Waals surface area (Å²) >= 11 is 0. The van der Waals surface area contributed by atoms with Gasteiger partial charge >= 0.3 is 0 Å². The van der Waals surface area contributed by atoms with Gasteiger partial charge in [0.1, 0.15) is 11.3 Å². The highest BCUT2D eigenvalue weighted by molar-refractivity contribution is 6.05. The Kier molecular flexibility index (Phi) is 6.03. The lowest BCUT2D eigenvalue weighted by atomic mass is 9.99. The van der Waals surface area contributed by atoms with Crippen molar-refractivity contribution < 1.29 is 22.7 Å². The van der Waals surface area contributed by atoms with Crippen LogP contribution < -0.4 is 10.1 Å². The molecule has 1 aromatic heterocycles. The molecule has 32 heavy (non-hydrogen) atoms. The summed E-state index contributed by atoms with van der Waals surface area (Å²) in [5.74, 6) is -1.88. The number of carbonyl (C=O) groups excluding carboxylic acids is 1. The third-order valence-corrected chi connectivity index (χ3v) is 5.02. The Morgan fingerprint density at radius 3 is 2.56 bits per heavy atom. The van der Waals surface area contributed by atoms with Gasteiger partial charge < -0.3 is 14.5 Å². The van der Waals surface area contributed by atoms with E-state index in [0.29, 0.717) is 23.5 Å². The van der Waals surface area contributed by atoms with Gasteiger partial charge in [-0.25, -0.2) is 8.78 Å². The number of allylic oxidation sites excluding steroid dienone is 1. The van der Waals surface area contributed by atoms with Crippen molar-refractivity contribution in [2.75, 3.05) is 11.9 Å². The minimum absolute atomic E-state index is 0.166. The van der Waals surface area contributed by atoms with E-state index in [-0.39, 0.29) is 5.69 Å². The maximum absolute atomic E-state index is 13.4. The fraction of sp³-hybridized carbons (Fsp3) is 0.115. The normalized spacial score (nSPS) is 11.6. The minimum atomic E-state index is -1.03. The highest BCUT2D eigenvalue weighted by Crippen LogP contribution is 2.37. The minimum Gasteiger partial charge on any atom is -0.493 e. The molecule has 0 bridgehead atoms. The predicted molar refractivity (Wildman–Crippen MR) is 121 cm³/mol. The summed E-state index contributed by atoms with van der Waals surface area (Å²) in [5.41, 5.74) is 4.17. The maximum atomic E-state index is 13.4. The molecule has 4 rings (SSSR count). The van der Waals surface area contributed by atoms with E-state index in [1.807, 2.05) is 49.4 Å². The molecule has 1 amide bonds. The number of fused-ring (bicyclic) bond motifs is 1. The number of amides is 1. The molecule has 0 saturated carbocycles. The van der Waals surface area contributed by atoms with Gasteiger partial charge in [-0.3, -0.25) is 4.79 Å². The molecule has 0 radical (unpaired) electrons. The molecule has 0 aliphatic rings. The molecule has 0 aliphatic carbocycles. The number of anilines is 1. The smallest absolute Gasteiger partial charge is 0.248 e. The van der Waals surface area contributed by atoms with Crippen LogP contribution in [-0.2, 0) is 4.79 Å². The number of ether oxygens (including phenoxy) is 1. The average molecular weight is 433 g/mol. The first-order chi connectivity index (χ1) is 15.5. The summed E-state index contributed by atoms with van der Waals surface area (Å²) in [4.78, 5) is 12.5.